The van der Waals surface area contributed by atoms with Gasteiger partial charge in [0, 0.05) is 13.1 Å². The summed E-state index contributed by atoms with van der Waals surface area (Å²) in [5.41, 5.74) is 0.846. The highest BCUT2D eigenvalue weighted by atomic mass is 32.2. The molecule has 9 nitrogen and oxygen atoms in total. The predicted octanol–water partition coefficient (Wildman–Crippen LogP) is 2.83. The fourth-order valence-electron chi connectivity index (χ4n) is 1.98. The Balaban J connectivity index is 2.88. The Kier molecular flexibility index (Phi) is 9.11. The minimum absolute atomic E-state index is 0.322. The van der Waals surface area contributed by atoms with Gasteiger partial charge in [-0.3, -0.25) is 5.32 Å². The number of ether oxygens (including phenoxy) is 2. The van der Waals surface area contributed by atoms with Crippen LogP contribution in [0.2, 0.25) is 0 Å². The van der Waals surface area contributed by atoms with Crippen LogP contribution in [0.5, 0.6) is 0 Å². The third-order valence-corrected chi connectivity index (χ3v) is 3.69. The van der Waals surface area contributed by atoms with Gasteiger partial charge in [0.1, 0.15) is 5.60 Å². The highest BCUT2D eigenvalue weighted by Gasteiger charge is 2.15. The Bertz CT molecular complexity index is 768. The van der Waals surface area contributed by atoms with Crippen LogP contribution in [0.3, 0.4) is 0 Å². The van der Waals surface area contributed by atoms with E-state index in [0.717, 1.165) is 0 Å². The molecule has 152 valence electrons. The van der Waals surface area contributed by atoms with Crippen molar-refractivity contribution in [2.45, 2.75) is 26.4 Å². The highest BCUT2D eigenvalue weighted by Crippen LogP contribution is 2.27. The SMILES string of the molecule is COC(=O)c1ccc(NCCNC(=O)OC(C)(C)C)c(N=C(NC#N)SC)c1. The van der Waals surface area contributed by atoms with E-state index in [1.54, 1.807) is 45.2 Å². The van der Waals surface area contributed by atoms with Gasteiger partial charge in [-0.2, -0.15) is 5.26 Å². The number of nitriles is 1. The number of amides is 1. The number of thioether (sulfide) groups is 1. The smallest absolute Gasteiger partial charge is 0.407 e. The van der Waals surface area contributed by atoms with E-state index in [-0.39, 0.29) is 0 Å². The Morgan fingerprint density at radius 1 is 1.29 bits per heavy atom. The van der Waals surface area contributed by atoms with Crippen LogP contribution in [0.4, 0.5) is 16.2 Å². The average Bonchev–Trinajstić information content (AvgIpc) is 2.63. The molecule has 0 saturated carbocycles. The maximum atomic E-state index is 11.8. The normalized spacial score (nSPS) is 11.2. The highest BCUT2D eigenvalue weighted by molar-refractivity contribution is 8.13. The Morgan fingerprint density at radius 3 is 2.57 bits per heavy atom. The first-order valence-corrected chi connectivity index (χ1v) is 9.63. The first-order valence-electron chi connectivity index (χ1n) is 8.41. The number of nitrogens with zero attached hydrogens (tertiary/aromatic N) is 2. The Morgan fingerprint density at radius 2 is 2.00 bits per heavy atom. The van der Waals surface area contributed by atoms with Crippen LogP contribution < -0.4 is 16.0 Å². The zero-order chi connectivity index (χ0) is 21.2. The molecule has 0 aliphatic carbocycles. The summed E-state index contributed by atoms with van der Waals surface area (Å²) in [6.45, 7) is 6.09. The predicted molar refractivity (Wildman–Crippen MR) is 110 cm³/mol. The molecule has 1 aromatic carbocycles. The second-order valence-electron chi connectivity index (χ2n) is 6.44. The number of amidine groups is 1. The van der Waals surface area contributed by atoms with Crippen LogP contribution in [0.15, 0.2) is 23.2 Å². The third kappa shape index (κ3) is 8.18. The van der Waals surface area contributed by atoms with Crippen molar-refractivity contribution in [3.63, 3.8) is 0 Å². The molecule has 0 spiro atoms. The summed E-state index contributed by atoms with van der Waals surface area (Å²) < 4.78 is 9.90. The molecule has 0 aliphatic rings. The first kappa shape index (κ1) is 23.1. The number of nitrogens with one attached hydrogen (secondary N) is 3. The van der Waals surface area contributed by atoms with E-state index in [1.165, 1.54) is 18.9 Å². The number of hydrogen-bond donors (Lipinski definition) is 3. The molecule has 0 unspecified atom stereocenters. The van der Waals surface area contributed by atoms with Crippen LogP contribution >= 0.6 is 11.8 Å². The average molecular weight is 407 g/mol. The maximum absolute atomic E-state index is 11.8. The van der Waals surface area contributed by atoms with E-state index in [9.17, 15) is 9.59 Å². The molecule has 0 radical (unpaired) electrons. The molecule has 1 amide bonds. The molecule has 1 rings (SSSR count). The topological polar surface area (TPSA) is 125 Å². The monoisotopic (exact) mass is 407 g/mol. The van der Waals surface area contributed by atoms with Crippen LogP contribution in [0, 0.1) is 11.5 Å². The van der Waals surface area contributed by atoms with Crippen molar-refractivity contribution in [3.8, 4) is 6.19 Å². The van der Waals surface area contributed by atoms with E-state index >= 15 is 0 Å². The lowest BCUT2D eigenvalue weighted by Crippen LogP contribution is -2.35. The fraction of sp³-hybridized carbons (Fsp3) is 0.444. The number of esters is 1. The fourth-order valence-corrected chi connectivity index (χ4v) is 2.31. The van der Waals surface area contributed by atoms with Crippen molar-refractivity contribution in [3.05, 3.63) is 23.8 Å². The van der Waals surface area contributed by atoms with E-state index < -0.39 is 17.7 Å². The third-order valence-electron chi connectivity index (χ3n) is 3.11. The molecular weight excluding hydrogens is 382 g/mol. The van der Waals surface area contributed by atoms with Crippen molar-refractivity contribution < 1.29 is 19.1 Å². The molecule has 3 N–H and O–H groups in total. The molecule has 0 heterocycles. The van der Waals surface area contributed by atoms with E-state index in [2.05, 4.69) is 20.9 Å². The quantitative estimate of drug-likeness (QED) is 0.164. The molecule has 28 heavy (non-hydrogen) atoms. The lowest BCUT2D eigenvalue weighted by atomic mass is 10.1. The number of methoxy groups -OCH3 is 1. The van der Waals surface area contributed by atoms with Gasteiger partial charge in [0.25, 0.3) is 0 Å². The molecule has 0 aliphatic heterocycles. The number of aliphatic imine (C=N–C) groups is 1. The lowest BCUT2D eigenvalue weighted by molar-refractivity contribution is 0.0528. The minimum atomic E-state index is -0.564. The summed E-state index contributed by atoms with van der Waals surface area (Å²) >= 11 is 1.25. The summed E-state index contributed by atoms with van der Waals surface area (Å²) in [7, 11) is 1.30. The molecule has 0 bridgehead atoms. The van der Waals surface area contributed by atoms with Gasteiger partial charge in [-0.05, 0) is 45.2 Å². The van der Waals surface area contributed by atoms with Gasteiger partial charge < -0.3 is 20.1 Å². The van der Waals surface area contributed by atoms with Gasteiger partial charge in [-0.25, -0.2) is 14.6 Å². The van der Waals surface area contributed by atoms with Gasteiger partial charge in [-0.15, -0.1) is 0 Å². The number of carbonyl (C=O) groups excluding carboxylic acids is 2. The molecule has 0 aromatic heterocycles. The molecule has 1 aromatic rings. The summed E-state index contributed by atoms with van der Waals surface area (Å²) in [5.74, 6) is -0.492. The summed E-state index contributed by atoms with van der Waals surface area (Å²) in [5, 5.41) is 17.4. The molecule has 0 atom stereocenters. The van der Waals surface area contributed by atoms with Crippen molar-refractivity contribution >= 4 is 40.4 Å². The van der Waals surface area contributed by atoms with Crippen LogP contribution in [-0.4, -0.2) is 49.3 Å². The van der Waals surface area contributed by atoms with E-state index in [4.69, 9.17) is 14.7 Å². The van der Waals surface area contributed by atoms with Gasteiger partial charge in [-0.1, -0.05) is 11.8 Å². The zero-order valence-corrected chi connectivity index (χ0v) is 17.4. The number of anilines is 1. The molecule has 10 heteroatoms. The zero-order valence-electron chi connectivity index (χ0n) is 16.6. The second kappa shape index (κ2) is 11.0. The number of rotatable bonds is 6. The van der Waals surface area contributed by atoms with Crippen molar-refractivity contribution in [1.29, 1.82) is 5.26 Å². The van der Waals surface area contributed by atoms with Crippen molar-refractivity contribution in [2.24, 2.45) is 4.99 Å². The summed E-state index contributed by atoms with van der Waals surface area (Å²) in [4.78, 5) is 27.8. The largest absolute Gasteiger partial charge is 0.465 e. The molecular formula is C18H25N5O4S. The summed E-state index contributed by atoms with van der Waals surface area (Å²) in [6.07, 6.45) is 3.08. The second-order valence-corrected chi connectivity index (χ2v) is 7.23. The standard InChI is InChI=1S/C18H25N5O4S/c1-18(2,3)27-17(25)21-9-8-20-13-7-6-12(15(24)26-4)10-14(13)23-16(28-5)22-11-19/h6-7,10,20H,8-9H2,1-5H3,(H,21,25)(H,22,23). The van der Waals surface area contributed by atoms with Crippen LogP contribution in [0.25, 0.3) is 0 Å². The molecule has 0 fully saturated rings. The Labute approximate surface area is 168 Å². The van der Waals surface area contributed by atoms with Crippen LogP contribution in [0.1, 0.15) is 31.1 Å². The van der Waals surface area contributed by atoms with Gasteiger partial charge in [0.05, 0.1) is 24.0 Å². The lowest BCUT2D eigenvalue weighted by Gasteiger charge is -2.19. The number of benzene rings is 1. The maximum Gasteiger partial charge on any atom is 0.407 e. The van der Waals surface area contributed by atoms with Crippen LogP contribution in [-0.2, 0) is 9.47 Å². The number of carbonyl (C=O) groups is 2. The van der Waals surface area contributed by atoms with Crippen molar-refractivity contribution in [2.75, 3.05) is 31.8 Å². The van der Waals surface area contributed by atoms with Crippen molar-refractivity contribution in [1.82, 2.24) is 10.6 Å². The first-order chi connectivity index (χ1) is 13.2. The van der Waals surface area contributed by atoms with Gasteiger partial charge in [0.2, 0.25) is 0 Å². The number of alkyl carbamates (subject to hydrolysis) is 1. The Hall–Kier alpha value is -2.93. The summed E-state index contributed by atoms with van der Waals surface area (Å²) in [6, 6.07) is 4.85. The van der Waals surface area contributed by atoms with E-state index in [0.29, 0.717) is 35.2 Å². The van der Waals surface area contributed by atoms with Gasteiger partial charge >= 0.3 is 12.1 Å². The molecule has 0 saturated heterocycles. The van der Waals surface area contributed by atoms with E-state index in [1.807, 2.05) is 6.19 Å². The number of hydrogen-bond acceptors (Lipinski definition) is 8. The minimum Gasteiger partial charge on any atom is -0.465 e. The van der Waals surface area contributed by atoms with Gasteiger partial charge in [0.15, 0.2) is 11.4 Å².